The van der Waals surface area contributed by atoms with Crippen molar-refractivity contribution in [3.8, 4) is 0 Å². The van der Waals surface area contributed by atoms with Gasteiger partial charge in [0.15, 0.2) is 12.4 Å². The first-order valence-corrected chi connectivity index (χ1v) is 10.5. The maximum Gasteiger partial charge on any atom is 0.408 e. The molecule has 0 amide bonds. The Morgan fingerprint density at radius 3 is 2.58 bits per heavy atom. The summed E-state index contributed by atoms with van der Waals surface area (Å²) in [5.74, 6) is 0.195. The lowest BCUT2D eigenvalue weighted by Gasteiger charge is -2.28. The fraction of sp³-hybridized carbons (Fsp3) is 0.500. The zero-order chi connectivity index (χ0) is 23.4. The summed E-state index contributed by atoms with van der Waals surface area (Å²) >= 11 is 0. The van der Waals surface area contributed by atoms with Crippen molar-refractivity contribution in [1.82, 2.24) is 19.9 Å². The predicted octanol–water partition coefficient (Wildman–Crippen LogP) is 2.51. The van der Waals surface area contributed by atoms with Crippen LogP contribution in [0.4, 0.5) is 36.4 Å². The molecule has 2 fully saturated rings. The van der Waals surface area contributed by atoms with Gasteiger partial charge >= 0.3 is 6.18 Å². The molecule has 2 saturated heterocycles. The summed E-state index contributed by atoms with van der Waals surface area (Å²) in [7, 11) is 0. The number of alkyl halides is 3. The van der Waals surface area contributed by atoms with Gasteiger partial charge in [-0.1, -0.05) is 0 Å². The number of rotatable bonds is 5. The van der Waals surface area contributed by atoms with E-state index < -0.39 is 18.2 Å². The third kappa shape index (κ3) is 5.72. The largest absolute Gasteiger partial charge is 0.457 e. The number of nitrogens with two attached hydrogens (primary N) is 1. The molecule has 4 N–H and O–H groups in total. The third-order valence-electron chi connectivity index (χ3n) is 5.43. The minimum atomic E-state index is -4.42. The molecule has 0 unspecified atom stereocenters. The Labute approximate surface area is 188 Å². The van der Waals surface area contributed by atoms with Crippen molar-refractivity contribution < 1.29 is 22.6 Å². The number of amidine groups is 1. The van der Waals surface area contributed by atoms with E-state index in [1.54, 1.807) is 0 Å². The molecule has 0 spiro atoms. The molecule has 1 aromatic carbocycles. The number of nitrogens with one attached hydrogen (secondary N) is 2. The van der Waals surface area contributed by atoms with Gasteiger partial charge in [0.25, 0.3) is 6.02 Å². The van der Waals surface area contributed by atoms with Gasteiger partial charge in [0.2, 0.25) is 11.9 Å². The minimum absolute atomic E-state index is 0.0632. The minimum Gasteiger partial charge on any atom is -0.457 e. The molecule has 2 aliphatic rings. The average molecular weight is 466 g/mol. The summed E-state index contributed by atoms with van der Waals surface area (Å²) in [4.78, 5) is 15.3. The van der Waals surface area contributed by atoms with Crippen molar-refractivity contribution in [3.63, 3.8) is 0 Å². The quantitative estimate of drug-likeness (QED) is 0.450. The molecular weight excluding hydrogens is 441 g/mol. The van der Waals surface area contributed by atoms with E-state index in [9.17, 15) is 13.2 Å². The van der Waals surface area contributed by atoms with Gasteiger partial charge in [-0.25, -0.2) is 0 Å². The number of hydrogen-bond donors (Lipinski definition) is 3. The summed E-state index contributed by atoms with van der Waals surface area (Å²) in [6.45, 7) is 2.85. The summed E-state index contributed by atoms with van der Waals surface area (Å²) in [5.41, 5.74) is 7.55. The molecule has 1 atom stereocenters. The number of halogens is 3. The topological polar surface area (TPSA) is 126 Å². The number of hydrogen-bond acceptors (Lipinski definition) is 9. The molecule has 33 heavy (non-hydrogen) atoms. The normalized spacial score (nSPS) is 18.9. The van der Waals surface area contributed by atoms with Crippen LogP contribution >= 0.6 is 0 Å². The summed E-state index contributed by atoms with van der Waals surface area (Å²) in [6, 6.07) is 5.41. The highest BCUT2D eigenvalue weighted by atomic mass is 19.4. The van der Waals surface area contributed by atoms with Crippen molar-refractivity contribution >= 4 is 29.3 Å². The molecule has 2 aliphatic heterocycles. The Hall–Kier alpha value is -3.35. The lowest BCUT2D eigenvalue weighted by Crippen LogP contribution is -2.45. The van der Waals surface area contributed by atoms with Crippen molar-refractivity contribution in [2.45, 2.75) is 31.7 Å². The second-order valence-electron chi connectivity index (χ2n) is 7.69. The first-order valence-electron chi connectivity index (χ1n) is 10.5. The number of nitrogens with zero attached hydrogens (tertiary/aromatic N) is 5. The number of anilines is 4. The van der Waals surface area contributed by atoms with Crippen LogP contribution in [0, 0.1) is 5.41 Å². The fourth-order valence-corrected chi connectivity index (χ4v) is 3.83. The zero-order valence-electron chi connectivity index (χ0n) is 17.8. The molecule has 0 radical (unpaired) electrons. The van der Waals surface area contributed by atoms with Gasteiger partial charge in [-0.05, 0) is 37.1 Å². The smallest absolute Gasteiger partial charge is 0.408 e. The van der Waals surface area contributed by atoms with Crippen molar-refractivity contribution in [2.24, 2.45) is 0 Å². The monoisotopic (exact) mass is 466 g/mol. The van der Waals surface area contributed by atoms with Crippen LogP contribution in [0.5, 0.6) is 0 Å². The van der Waals surface area contributed by atoms with Gasteiger partial charge in [-0.3, -0.25) is 5.41 Å². The lowest BCUT2D eigenvalue weighted by atomic mass is 10.2. The highest BCUT2D eigenvalue weighted by Gasteiger charge is 2.47. The Balaban J connectivity index is 1.37. The number of likely N-dealkylation sites (tertiary alicyclic amines) is 1. The second-order valence-corrected chi connectivity index (χ2v) is 7.69. The van der Waals surface area contributed by atoms with Crippen LogP contribution in [-0.2, 0) is 16.1 Å². The lowest BCUT2D eigenvalue weighted by molar-refractivity contribution is -0.169. The molecule has 13 heteroatoms. The molecule has 1 aromatic heterocycles. The van der Waals surface area contributed by atoms with Crippen LogP contribution < -0.4 is 16.0 Å². The van der Waals surface area contributed by atoms with Crippen LogP contribution in [0.1, 0.15) is 18.7 Å². The molecule has 2 aromatic rings. The van der Waals surface area contributed by atoms with Gasteiger partial charge in [-0.15, -0.1) is 0 Å². The Kier molecular flexibility index (Phi) is 6.67. The highest BCUT2D eigenvalue weighted by Crippen LogP contribution is 2.32. The Morgan fingerprint density at radius 1 is 1.15 bits per heavy atom. The van der Waals surface area contributed by atoms with Crippen LogP contribution in [0.3, 0.4) is 0 Å². The van der Waals surface area contributed by atoms with Gasteiger partial charge in [-0.2, -0.15) is 28.1 Å². The van der Waals surface area contributed by atoms with E-state index in [1.807, 2.05) is 24.3 Å². The fourth-order valence-electron chi connectivity index (χ4n) is 3.83. The number of nitrogen functional groups attached to an aromatic ring is 1. The van der Waals surface area contributed by atoms with Crippen molar-refractivity contribution in [1.29, 1.82) is 5.41 Å². The molecule has 178 valence electrons. The molecule has 0 saturated carbocycles. The first kappa shape index (κ1) is 22.8. The van der Waals surface area contributed by atoms with Crippen molar-refractivity contribution in [2.75, 3.05) is 48.8 Å². The van der Waals surface area contributed by atoms with Crippen molar-refractivity contribution in [3.05, 3.63) is 30.1 Å². The molecule has 3 heterocycles. The highest BCUT2D eigenvalue weighted by molar-refractivity contribution is 5.71. The standard InChI is InChI=1S/C20H25F3N8O2/c21-20(22,23)15-2-1-7-31(15)18(25)33-12-16-27-17(24)29-19(28-16)26-13-3-5-14(6-4-13)30-8-10-32-11-9-30/h3-6,15,25H,1-2,7-12H2,(H3,24,26,27,28,29)/t15-/m1/s1. The summed E-state index contributed by atoms with van der Waals surface area (Å²) in [6.07, 6.45) is -4.14. The molecule has 0 bridgehead atoms. The second kappa shape index (κ2) is 9.65. The molecule has 0 aliphatic carbocycles. The Bertz CT molecular complexity index is 967. The number of aromatic nitrogens is 3. The molecular formula is C20H25F3N8O2. The number of morpholine rings is 1. The van der Waals surface area contributed by atoms with E-state index >= 15 is 0 Å². The summed E-state index contributed by atoms with van der Waals surface area (Å²) < 4.78 is 50.0. The average Bonchev–Trinajstić information content (AvgIpc) is 3.29. The van der Waals surface area contributed by atoms with Crippen LogP contribution in [0.15, 0.2) is 24.3 Å². The predicted molar refractivity (Wildman–Crippen MR) is 115 cm³/mol. The van der Waals surface area contributed by atoms with E-state index in [-0.39, 0.29) is 37.3 Å². The van der Waals surface area contributed by atoms with Crippen LogP contribution in [-0.4, -0.2) is 70.9 Å². The van der Waals surface area contributed by atoms with Gasteiger partial charge < -0.3 is 30.3 Å². The van der Waals surface area contributed by atoms with Gasteiger partial charge in [0, 0.05) is 31.0 Å². The molecule has 4 rings (SSSR count). The summed E-state index contributed by atoms with van der Waals surface area (Å²) in [5, 5.41) is 10.9. The van der Waals surface area contributed by atoms with E-state index in [4.69, 9.17) is 20.6 Å². The number of ether oxygens (including phenoxy) is 2. The van der Waals surface area contributed by atoms with Gasteiger partial charge in [0.1, 0.15) is 6.04 Å². The number of benzene rings is 1. The van der Waals surface area contributed by atoms with Gasteiger partial charge in [0.05, 0.1) is 13.2 Å². The van der Waals surface area contributed by atoms with E-state index in [1.165, 1.54) is 0 Å². The zero-order valence-corrected chi connectivity index (χ0v) is 17.8. The van der Waals surface area contributed by atoms with E-state index in [2.05, 4.69) is 25.2 Å². The third-order valence-corrected chi connectivity index (χ3v) is 5.43. The molecule has 10 nitrogen and oxygen atoms in total. The maximum atomic E-state index is 13.1. The first-order chi connectivity index (χ1) is 15.8. The van der Waals surface area contributed by atoms with Crippen LogP contribution in [0.25, 0.3) is 0 Å². The van der Waals surface area contributed by atoms with Crippen LogP contribution in [0.2, 0.25) is 0 Å². The van der Waals surface area contributed by atoms with E-state index in [0.717, 1.165) is 29.4 Å². The SMILES string of the molecule is N=C(OCc1nc(N)nc(Nc2ccc(N3CCOCC3)cc2)n1)N1CCC[C@@H]1C(F)(F)F. The van der Waals surface area contributed by atoms with E-state index in [0.29, 0.717) is 19.6 Å². The Morgan fingerprint density at radius 2 is 1.88 bits per heavy atom. The maximum absolute atomic E-state index is 13.1.